The van der Waals surface area contributed by atoms with Gasteiger partial charge in [0.05, 0.1) is 18.0 Å². The quantitative estimate of drug-likeness (QED) is 0.539. The van der Waals surface area contributed by atoms with E-state index in [0.29, 0.717) is 54.7 Å². The van der Waals surface area contributed by atoms with Crippen LogP contribution in [0.4, 0.5) is 15.9 Å². The van der Waals surface area contributed by atoms with Crippen LogP contribution in [0.25, 0.3) is 0 Å². The maximum atomic E-state index is 12.7. The van der Waals surface area contributed by atoms with E-state index in [-0.39, 0.29) is 11.3 Å². The van der Waals surface area contributed by atoms with Gasteiger partial charge in [0.25, 0.3) is 0 Å². The molecule has 0 bridgehead atoms. The van der Waals surface area contributed by atoms with Crippen molar-refractivity contribution in [3.63, 3.8) is 0 Å². The van der Waals surface area contributed by atoms with Crippen LogP contribution in [-0.2, 0) is 0 Å². The number of nitrogens with two attached hydrogens (primary N) is 1. The fourth-order valence-electron chi connectivity index (χ4n) is 3.54. The Labute approximate surface area is 175 Å². The summed E-state index contributed by atoms with van der Waals surface area (Å²) in [5, 5.41) is 8.68. The molecule has 2 aliphatic rings. The van der Waals surface area contributed by atoms with E-state index >= 15 is 0 Å². The fourth-order valence-corrected chi connectivity index (χ4v) is 3.54. The second kappa shape index (κ2) is 7.93. The lowest BCUT2D eigenvalue weighted by Gasteiger charge is -2.37. The molecule has 1 saturated carbocycles. The van der Waals surface area contributed by atoms with Crippen LogP contribution >= 0.6 is 0 Å². The number of benzene rings is 1. The summed E-state index contributed by atoms with van der Waals surface area (Å²) in [6.45, 7) is 8.05. The van der Waals surface area contributed by atoms with Gasteiger partial charge in [-0.25, -0.2) is 14.4 Å². The Hall–Kier alpha value is -3.16. The van der Waals surface area contributed by atoms with Crippen LogP contribution in [0.1, 0.15) is 31.0 Å². The van der Waals surface area contributed by atoms with Crippen molar-refractivity contribution in [3.8, 4) is 5.75 Å². The molecule has 30 heavy (non-hydrogen) atoms. The predicted molar refractivity (Wildman–Crippen MR) is 116 cm³/mol. The van der Waals surface area contributed by atoms with E-state index in [4.69, 9.17) is 15.9 Å². The Kier molecular flexibility index (Phi) is 5.32. The highest BCUT2D eigenvalue weighted by Gasteiger charge is 2.40. The number of hydrogen-bond donors (Lipinski definition) is 2. The molecule has 8 heteroatoms. The summed E-state index contributed by atoms with van der Waals surface area (Å²) in [6, 6.07) is 7.20. The number of nitrogen functional groups attached to an aromatic ring is 1. The van der Waals surface area contributed by atoms with E-state index in [1.165, 1.54) is 6.33 Å². The second-order valence-electron chi connectivity index (χ2n) is 8.10. The number of nitrogens with one attached hydrogen (secondary N) is 1. The highest BCUT2D eigenvalue weighted by Crippen LogP contribution is 2.40. The maximum Gasteiger partial charge on any atom is 0.133 e. The lowest BCUT2D eigenvalue weighted by atomic mass is 10.0. The first-order valence-electron chi connectivity index (χ1n) is 10.1. The van der Waals surface area contributed by atoms with Crippen molar-refractivity contribution in [3.05, 3.63) is 54.1 Å². The number of halogens is 1. The minimum Gasteiger partial charge on any atom is -0.488 e. The van der Waals surface area contributed by atoms with Gasteiger partial charge in [-0.15, -0.1) is 0 Å². The van der Waals surface area contributed by atoms with Gasteiger partial charge >= 0.3 is 0 Å². The van der Waals surface area contributed by atoms with E-state index in [2.05, 4.69) is 28.4 Å². The standard InChI is InChI=1S/C22H27FN6O/c1-15-13-29(10-9-28(15)8-7-23)20-12-19(26-14-27-20)21(25)17-11-16(3-4-18(17)24)30-22(2)5-6-22/h3-4,11-12,14,25H,1,5-10,13,24H2,2H3. The summed E-state index contributed by atoms with van der Waals surface area (Å²) >= 11 is 0. The van der Waals surface area contributed by atoms with Crippen LogP contribution in [0.3, 0.4) is 0 Å². The van der Waals surface area contributed by atoms with E-state index in [1.54, 1.807) is 18.2 Å². The molecule has 2 aromatic rings. The predicted octanol–water partition coefficient (Wildman–Crippen LogP) is 3.01. The minimum atomic E-state index is -0.392. The van der Waals surface area contributed by atoms with Crippen molar-refractivity contribution in [2.45, 2.75) is 25.4 Å². The highest BCUT2D eigenvalue weighted by atomic mass is 19.1. The minimum absolute atomic E-state index is 0.107. The lowest BCUT2D eigenvalue weighted by molar-refractivity contribution is 0.200. The summed E-state index contributed by atoms with van der Waals surface area (Å²) in [5.74, 6) is 1.42. The van der Waals surface area contributed by atoms with Crippen LogP contribution in [0.2, 0.25) is 0 Å². The van der Waals surface area contributed by atoms with Crippen LogP contribution < -0.4 is 15.4 Å². The van der Waals surface area contributed by atoms with E-state index < -0.39 is 6.67 Å². The molecular weight excluding hydrogens is 383 g/mol. The molecule has 1 aliphatic carbocycles. The van der Waals surface area contributed by atoms with Crippen LogP contribution in [-0.4, -0.2) is 59.0 Å². The van der Waals surface area contributed by atoms with Gasteiger partial charge in [0.1, 0.15) is 30.2 Å². The monoisotopic (exact) mass is 410 g/mol. The Morgan fingerprint density at radius 1 is 1.30 bits per heavy atom. The normalized spacial score (nSPS) is 17.7. The molecule has 0 atom stereocenters. The summed E-state index contributed by atoms with van der Waals surface area (Å²) in [7, 11) is 0. The van der Waals surface area contributed by atoms with Crippen molar-refractivity contribution < 1.29 is 9.13 Å². The molecule has 2 heterocycles. The third-order valence-electron chi connectivity index (χ3n) is 5.66. The summed E-state index contributed by atoms with van der Waals surface area (Å²) in [6.07, 6.45) is 3.52. The van der Waals surface area contributed by atoms with Crippen LogP contribution in [0.15, 0.2) is 42.9 Å². The number of anilines is 2. The number of rotatable bonds is 7. The molecule has 0 amide bonds. The van der Waals surface area contributed by atoms with Gasteiger partial charge in [0, 0.05) is 42.6 Å². The van der Waals surface area contributed by atoms with Gasteiger partial charge in [-0.1, -0.05) is 6.58 Å². The molecule has 0 spiro atoms. The molecule has 158 valence electrons. The van der Waals surface area contributed by atoms with Gasteiger partial charge in [0.2, 0.25) is 0 Å². The second-order valence-corrected chi connectivity index (χ2v) is 8.10. The molecule has 1 saturated heterocycles. The maximum absolute atomic E-state index is 12.7. The van der Waals surface area contributed by atoms with Crippen molar-refractivity contribution in [2.24, 2.45) is 0 Å². The zero-order valence-corrected chi connectivity index (χ0v) is 17.2. The van der Waals surface area contributed by atoms with Gasteiger partial charge in [0.15, 0.2) is 0 Å². The molecule has 2 fully saturated rings. The van der Waals surface area contributed by atoms with Gasteiger partial charge in [-0.05, 0) is 38.0 Å². The van der Waals surface area contributed by atoms with E-state index in [1.807, 2.05) is 11.0 Å². The molecule has 0 unspecified atom stereocenters. The number of ether oxygens (including phenoxy) is 1. The molecule has 1 aromatic heterocycles. The van der Waals surface area contributed by atoms with Crippen molar-refractivity contribution in [1.29, 1.82) is 5.41 Å². The fraction of sp³-hybridized carbons (Fsp3) is 0.409. The zero-order chi connectivity index (χ0) is 21.3. The molecule has 7 nitrogen and oxygen atoms in total. The first kappa shape index (κ1) is 20.1. The number of hydrogen-bond acceptors (Lipinski definition) is 7. The molecule has 1 aromatic carbocycles. The van der Waals surface area contributed by atoms with Gasteiger partial charge in [-0.2, -0.15) is 0 Å². The summed E-state index contributed by atoms with van der Waals surface area (Å²) in [4.78, 5) is 12.7. The van der Waals surface area contributed by atoms with Crippen molar-refractivity contribution in [2.75, 3.05) is 43.5 Å². The Morgan fingerprint density at radius 2 is 2.10 bits per heavy atom. The van der Waals surface area contributed by atoms with Crippen LogP contribution in [0.5, 0.6) is 5.75 Å². The molecule has 0 radical (unpaired) electrons. The Morgan fingerprint density at radius 3 is 2.80 bits per heavy atom. The lowest BCUT2D eigenvalue weighted by Crippen LogP contribution is -2.45. The van der Waals surface area contributed by atoms with E-state index in [9.17, 15) is 4.39 Å². The highest BCUT2D eigenvalue weighted by molar-refractivity contribution is 6.13. The average molecular weight is 410 g/mol. The van der Waals surface area contributed by atoms with Crippen LogP contribution in [0, 0.1) is 5.41 Å². The third kappa shape index (κ3) is 4.22. The number of nitrogens with zero attached hydrogens (tertiary/aromatic N) is 4. The Bertz CT molecular complexity index is 974. The average Bonchev–Trinajstić information content (AvgIpc) is 3.47. The molecule has 4 rings (SSSR count). The zero-order valence-electron chi connectivity index (χ0n) is 17.2. The molecule has 3 N–H and O–H groups in total. The van der Waals surface area contributed by atoms with E-state index in [0.717, 1.165) is 18.5 Å². The van der Waals surface area contributed by atoms with Crippen molar-refractivity contribution >= 4 is 17.2 Å². The number of piperazine rings is 1. The van der Waals surface area contributed by atoms with Gasteiger partial charge < -0.3 is 20.3 Å². The smallest absolute Gasteiger partial charge is 0.133 e. The number of alkyl halides is 1. The first-order chi connectivity index (χ1) is 14.4. The van der Waals surface area contributed by atoms with Crippen molar-refractivity contribution in [1.82, 2.24) is 14.9 Å². The Balaban J connectivity index is 1.53. The first-order valence-corrected chi connectivity index (χ1v) is 10.1. The van der Waals surface area contributed by atoms with Gasteiger partial charge in [-0.3, -0.25) is 5.41 Å². The third-order valence-corrected chi connectivity index (χ3v) is 5.66. The largest absolute Gasteiger partial charge is 0.488 e. The molecular formula is C22H27FN6O. The number of aromatic nitrogens is 2. The topological polar surface area (TPSA) is 91.4 Å². The molecule has 1 aliphatic heterocycles. The summed E-state index contributed by atoms with van der Waals surface area (Å²) in [5.41, 5.74) is 8.69. The SMILES string of the molecule is C=C1CN(c2cc(C(=N)c3cc(OC4(C)CC4)ccc3N)ncn2)CCN1CCF. The summed E-state index contributed by atoms with van der Waals surface area (Å²) < 4.78 is 18.7.